The van der Waals surface area contributed by atoms with Gasteiger partial charge >= 0.3 is 0 Å². The summed E-state index contributed by atoms with van der Waals surface area (Å²) in [7, 11) is 5.63. The van der Waals surface area contributed by atoms with Crippen LogP contribution in [0.15, 0.2) is 28.7 Å². The lowest BCUT2D eigenvalue weighted by Crippen LogP contribution is -2.17. The van der Waals surface area contributed by atoms with E-state index >= 15 is 0 Å². The van der Waals surface area contributed by atoms with Gasteiger partial charge in [-0.05, 0) is 24.6 Å². The zero-order chi connectivity index (χ0) is 15.4. The first-order valence-corrected chi connectivity index (χ1v) is 8.32. The molecular formula is C15H20BrN3OS. The zero-order valence-electron chi connectivity index (χ0n) is 12.7. The van der Waals surface area contributed by atoms with Gasteiger partial charge in [-0.1, -0.05) is 39.4 Å². The molecule has 1 N–H and O–H groups in total. The zero-order valence-corrected chi connectivity index (χ0v) is 15.1. The number of aromatic nitrogens is 1. The van der Waals surface area contributed by atoms with Crippen LogP contribution in [-0.2, 0) is 6.54 Å². The van der Waals surface area contributed by atoms with Crippen molar-refractivity contribution in [2.45, 2.75) is 19.5 Å². The van der Waals surface area contributed by atoms with E-state index in [1.165, 1.54) is 5.56 Å². The lowest BCUT2D eigenvalue weighted by Gasteiger charge is -2.14. The van der Waals surface area contributed by atoms with Crippen LogP contribution in [0.3, 0.4) is 0 Å². The van der Waals surface area contributed by atoms with Crippen molar-refractivity contribution in [3.63, 3.8) is 0 Å². The molecule has 0 radical (unpaired) electrons. The van der Waals surface area contributed by atoms with Gasteiger partial charge in [-0.15, -0.1) is 0 Å². The predicted molar refractivity (Wildman–Crippen MR) is 92.4 cm³/mol. The molecule has 21 heavy (non-hydrogen) atoms. The largest absolute Gasteiger partial charge is 0.480 e. The Bertz CT molecular complexity index is 583. The molecule has 0 saturated heterocycles. The second-order valence-corrected chi connectivity index (χ2v) is 6.96. The highest BCUT2D eigenvalue weighted by atomic mass is 79.9. The Kier molecular flexibility index (Phi) is 5.61. The van der Waals surface area contributed by atoms with Crippen molar-refractivity contribution in [3.05, 3.63) is 39.2 Å². The van der Waals surface area contributed by atoms with Crippen LogP contribution in [0, 0.1) is 0 Å². The standard InChI is InChI=1S/C15H20BrN3OS/c1-10(11-5-7-12(16)8-6-11)17-9-13-14(20-4)18-15(21-13)19(2)3/h5-8,10,17H,9H2,1-4H3/t10-/m0/s1. The van der Waals surface area contributed by atoms with E-state index in [1.54, 1.807) is 18.4 Å². The maximum absolute atomic E-state index is 5.36. The van der Waals surface area contributed by atoms with Crippen molar-refractivity contribution in [2.24, 2.45) is 0 Å². The minimum absolute atomic E-state index is 0.271. The van der Waals surface area contributed by atoms with Gasteiger partial charge in [-0.3, -0.25) is 0 Å². The quantitative estimate of drug-likeness (QED) is 0.839. The molecule has 4 nitrogen and oxygen atoms in total. The number of ether oxygens (including phenoxy) is 1. The van der Waals surface area contributed by atoms with E-state index < -0.39 is 0 Å². The van der Waals surface area contributed by atoms with E-state index in [4.69, 9.17) is 4.74 Å². The molecule has 0 aliphatic rings. The third-order valence-corrected chi connectivity index (χ3v) is 4.90. The number of hydrogen-bond acceptors (Lipinski definition) is 5. The molecule has 0 saturated carbocycles. The van der Waals surface area contributed by atoms with E-state index in [2.05, 4.69) is 57.4 Å². The monoisotopic (exact) mass is 369 g/mol. The van der Waals surface area contributed by atoms with Crippen molar-refractivity contribution >= 4 is 32.4 Å². The number of thiazole rings is 1. The molecular weight excluding hydrogens is 350 g/mol. The number of nitrogens with one attached hydrogen (secondary N) is 1. The fourth-order valence-corrected chi connectivity index (χ4v) is 3.07. The summed E-state index contributed by atoms with van der Waals surface area (Å²) < 4.78 is 6.45. The summed E-state index contributed by atoms with van der Waals surface area (Å²) in [6, 6.07) is 8.64. The van der Waals surface area contributed by atoms with Crippen LogP contribution in [0.5, 0.6) is 5.88 Å². The van der Waals surface area contributed by atoms with Crippen LogP contribution < -0.4 is 15.0 Å². The van der Waals surface area contributed by atoms with Gasteiger partial charge in [-0.25, -0.2) is 0 Å². The Labute approximate surface area is 138 Å². The first kappa shape index (κ1) is 16.3. The van der Waals surface area contributed by atoms with Gasteiger partial charge in [-0.2, -0.15) is 4.98 Å². The Morgan fingerprint density at radius 1 is 1.33 bits per heavy atom. The Hall–Kier alpha value is -1.11. The average Bonchev–Trinajstić information content (AvgIpc) is 2.89. The number of nitrogens with zero attached hydrogens (tertiary/aromatic N) is 2. The summed E-state index contributed by atoms with van der Waals surface area (Å²) in [5.74, 6) is 0.708. The molecule has 0 spiro atoms. The number of rotatable bonds is 6. The van der Waals surface area contributed by atoms with Crippen molar-refractivity contribution in [3.8, 4) is 5.88 Å². The van der Waals surface area contributed by atoms with Crippen LogP contribution in [-0.4, -0.2) is 26.2 Å². The van der Waals surface area contributed by atoms with Gasteiger partial charge in [0.1, 0.15) is 0 Å². The molecule has 2 aromatic rings. The molecule has 114 valence electrons. The van der Waals surface area contributed by atoms with Crippen molar-refractivity contribution in [1.82, 2.24) is 10.3 Å². The number of halogens is 1. The SMILES string of the molecule is COc1nc(N(C)C)sc1CN[C@@H](C)c1ccc(Br)cc1. The van der Waals surface area contributed by atoms with Gasteiger partial charge in [0.25, 0.3) is 0 Å². The minimum atomic E-state index is 0.271. The van der Waals surface area contributed by atoms with Gasteiger partial charge in [0.2, 0.25) is 5.88 Å². The maximum Gasteiger partial charge on any atom is 0.230 e. The summed E-state index contributed by atoms with van der Waals surface area (Å²) in [5, 5.41) is 4.48. The number of anilines is 1. The fourth-order valence-electron chi connectivity index (χ4n) is 1.90. The lowest BCUT2D eigenvalue weighted by atomic mass is 10.1. The highest BCUT2D eigenvalue weighted by Crippen LogP contribution is 2.30. The Morgan fingerprint density at radius 2 is 2.00 bits per heavy atom. The maximum atomic E-state index is 5.36. The van der Waals surface area contributed by atoms with Gasteiger partial charge in [0, 0.05) is 31.2 Å². The van der Waals surface area contributed by atoms with Crippen LogP contribution in [0.2, 0.25) is 0 Å². The van der Waals surface area contributed by atoms with E-state index in [0.717, 1.165) is 21.0 Å². The van der Waals surface area contributed by atoms with E-state index in [-0.39, 0.29) is 6.04 Å². The van der Waals surface area contributed by atoms with E-state index in [1.807, 2.05) is 19.0 Å². The minimum Gasteiger partial charge on any atom is -0.480 e. The molecule has 0 bridgehead atoms. The Balaban J connectivity index is 2.03. The highest BCUT2D eigenvalue weighted by molar-refractivity contribution is 9.10. The normalized spacial score (nSPS) is 12.2. The predicted octanol–water partition coefficient (Wildman–Crippen LogP) is 3.83. The molecule has 1 aromatic carbocycles. The first-order valence-electron chi connectivity index (χ1n) is 6.71. The molecule has 0 unspecified atom stereocenters. The van der Waals surface area contributed by atoms with Gasteiger partial charge in [0.05, 0.1) is 12.0 Å². The summed E-state index contributed by atoms with van der Waals surface area (Å²) in [4.78, 5) is 7.58. The summed E-state index contributed by atoms with van der Waals surface area (Å²) in [6.45, 7) is 2.90. The molecule has 2 rings (SSSR count). The molecule has 0 amide bonds. The first-order chi connectivity index (χ1) is 10.0. The number of benzene rings is 1. The van der Waals surface area contributed by atoms with Crippen LogP contribution in [0.4, 0.5) is 5.13 Å². The molecule has 1 heterocycles. The highest BCUT2D eigenvalue weighted by Gasteiger charge is 2.14. The average molecular weight is 370 g/mol. The van der Waals surface area contributed by atoms with Crippen LogP contribution in [0.1, 0.15) is 23.4 Å². The summed E-state index contributed by atoms with van der Waals surface area (Å²) >= 11 is 5.11. The van der Waals surface area contributed by atoms with Gasteiger partial charge in [0.15, 0.2) is 5.13 Å². The van der Waals surface area contributed by atoms with Gasteiger partial charge < -0.3 is 15.0 Å². The molecule has 0 aliphatic heterocycles. The second kappa shape index (κ2) is 7.24. The summed E-state index contributed by atoms with van der Waals surface area (Å²) in [6.07, 6.45) is 0. The smallest absolute Gasteiger partial charge is 0.230 e. The van der Waals surface area contributed by atoms with Crippen LogP contribution >= 0.6 is 27.3 Å². The lowest BCUT2D eigenvalue weighted by molar-refractivity contribution is 0.393. The summed E-state index contributed by atoms with van der Waals surface area (Å²) in [5.41, 5.74) is 1.26. The molecule has 1 aromatic heterocycles. The van der Waals surface area contributed by atoms with Crippen molar-refractivity contribution in [1.29, 1.82) is 0 Å². The third kappa shape index (κ3) is 4.18. The molecule has 0 fully saturated rings. The van der Waals surface area contributed by atoms with Crippen LogP contribution in [0.25, 0.3) is 0 Å². The topological polar surface area (TPSA) is 37.4 Å². The third-order valence-electron chi connectivity index (χ3n) is 3.16. The van der Waals surface area contributed by atoms with Crippen molar-refractivity contribution in [2.75, 3.05) is 26.1 Å². The Morgan fingerprint density at radius 3 is 2.57 bits per heavy atom. The molecule has 0 aliphatic carbocycles. The second-order valence-electron chi connectivity index (χ2n) is 4.98. The fraction of sp³-hybridized carbons (Fsp3) is 0.400. The van der Waals surface area contributed by atoms with E-state index in [0.29, 0.717) is 5.88 Å². The van der Waals surface area contributed by atoms with Crippen molar-refractivity contribution < 1.29 is 4.74 Å². The molecule has 1 atom stereocenters. The number of hydrogen-bond donors (Lipinski definition) is 1. The van der Waals surface area contributed by atoms with E-state index in [9.17, 15) is 0 Å². The number of methoxy groups -OCH3 is 1. The molecule has 6 heteroatoms.